The van der Waals surface area contributed by atoms with Crippen molar-refractivity contribution in [2.75, 3.05) is 32.7 Å². The molecule has 0 aromatic rings. The van der Waals surface area contributed by atoms with Gasteiger partial charge in [0.15, 0.2) is 0 Å². The lowest BCUT2D eigenvalue weighted by molar-refractivity contribution is 0.145. The van der Waals surface area contributed by atoms with Gasteiger partial charge in [-0.25, -0.2) is 0 Å². The van der Waals surface area contributed by atoms with Crippen molar-refractivity contribution in [2.24, 2.45) is 11.3 Å². The molecular formula is C19H42N2. The first kappa shape index (κ1) is 20.9. The molecule has 0 heterocycles. The summed E-state index contributed by atoms with van der Waals surface area (Å²) in [5.41, 5.74) is 0.422. The highest BCUT2D eigenvalue weighted by Gasteiger charge is 2.25. The third-order valence-electron chi connectivity index (χ3n) is 4.22. The van der Waals surface area contributed by atoms with Crippen LogP contribution in [0, 0.1) is 11.3 Å². The first-order chi connectivity index (χ1) is 9.97. The normalized spacial score (nSPS) is 14.9. The summed E-state index contributed by atoms with van der Waals surface area (Å²) in [5.74, 6) is 0.743. The van der Waals surface area contributed by atoms with Gasteiger partial charge in [-0.1, -0.05) is 60.8 Å². The predicted molar refractivity (Wildman–Crippen MR) is 97.0 cm³/mol. The molecule has 2 nitrogen and oxygen atoms in total. The maximum absolute atomic E-state index is 3.70. The second-order valence-corrected chi connectivity index (χ2v) is 7.57. The van der Waals surface area contributed by atoms with Crippen LogP contribution in [-0.4, -0.2) is 37.6 Å². The van der Waals surface area contributed by atoms with Crippen LogP contribution in [0.4, 0.5) is 0 Å². The number of nitrogens with zero attached hydrogens (tertiary/aromatic N) is 1. The topological polar surface area (TPSA) is 15.3 Å². The van der Waals surface area contributed by atoms with E-state index in [2.05, 4.69) is 51.8 Å². The Labute approximate surface area is 135 Å². The molecule has 0 bridgehead atoms. The molecule has 1 atom stereocenters. The van der Waals surface area contributed by atoms with Crippen LogP contribution in [-0.2, 0) is 0 Å². The van der Waals surface area contributed by atoms with Gasteiger partial charge in [0.2, 0.25) is 0 Å². The van der Waals surface area contributed by atoms with Gasteiger partial charge in [-0.3, -0.25) is 0 Å². The van der Waals surface area contributed by atoms with Gasteiger partial charge >= 0.3 is 0 Å². The maximum atomic E-state index is 3.70. The second-order valence-electron chi connectivity index (χ2n) is 7.57. The van der Waals surface area contributed by atoms with Crippen LogP contribution in [0.15, 0.2) is 0 Å². The lowest BCUT2D eigenvalue weighted by atomic mass is 9.84. The van der Waals surface area contributed by atoms with E-state index in [9.17, 15) is 0 Å². The Kier molecular flexibility index (Phi) is 12.4. The fourth-order valence-corrected chi connectivity index (χ4v) is 3.06. The van der Waals surface area contributed by atoms with Gasteiger partial charge in [-0.2, -0.15) is 0 Å². The summed E-state index contributed by atoms with van der Waals surface area (Å²) in [6.45, 7) is 20.1. The standard InChI is InChI=1S/C19H42N2/c1-7-10-13-21(14-11-8-2)17-19(6,12-9-3)16-20-15-18(4)5/h18,20H,7-17H2,1-6H3. The maximum Gasteiger partial charge on any atom is 0.00475 e. The van der Waals surface area contributed by atoms with Gasteiger partial charge in [-0.05, 0) is 50.2 Å². The molecule has 0 aliphatic rings. The fourth-order valence-electron chi connectivity index (χ4n) is 3.06. The van der Waals surface area contributed by atoms with Crippen LogP contribution in [0.1, 0.15) is 80.1 Å². The van der Waals surface area contributed by atoms with Crippen molar-refractivity contribution in [1.82, 2.24) is 10.2 Å². The molecule has 1 N–H and O–H groups in total. The number of hydrogen-bond acceptors (Lipinski definition) is 2. The lowest BCUT2D eigenvalue weighted by Crippen LogP contribution is -2.43. The van der Waals surface area contributed by atoms with Crippen LogP contribution in [0.3, 0.4) is 0 Å². The van der Waals surface area contributed by atoms with Crippen LogP contribution in [0.25, 0.3) is 0 Å². The SMILES string of the molecule is CCCCN(CCCC)CC(C)(CCC)CNCC(C)C. The minimum Gasteiger partial charge on any atom is -0.316 e. The van der Waals surface area contributed by atoms with Crippen LogP contribution < -0.4 is 5.32 Å². The highest BCUT2D eigenvalue weighted by molar-refractivity contribution is 4.81. The van der Waals surface area contributed by atoms with Gasteiger partial charge in [0, 0.05) is 13.1 Å². The molecule has 128 valence electrons. The smallest absolute Gasteiger partial charge is 0.00475 e. The van der Waals surface area contributed by atoms with Crippen LogP contribution in [0.2, 0.25) is 0 Å². The van der Waals surface area contributed by atoms with Crippen LogP contribution >= 0.6 is 0 Å². The van der Waals surface area contributed by atoms with Crippen molar-refractivity contribution in [2.45, 2.75) is 80.1 Å². The molecule has 0 aliphatic carbocycles. The van der Waals surface area contributed by atoms with E-state index in [1.807, 2.05) is 0 Å². The Hall–Kier alpha value is -0.0800. The largest absolute Gasteiger partial charge is 0.316 e. The van der Waals surface area contributed by atoms with Crippen molar-refractivity contribution < 1.29 is 0 Å². The van der Waals surface area contributed by atoms with Crippen LogP contribution in [0.5, 0.6) is 0 Å². The molecule has 0 aromatic heterocycles. The van der Waals surface area contributed by atoms with Crippen molar-refractivity contribution >= 4 is 0 Å². The molecule has 0 amide bonds. The molecule has 0 rings (SSSR count). The van der Waals surface area contributed by atoms with E-state index in [0.717, 1.165) is 19.0 Å². The lowest BCUT2D eigenvalue weighted by Gasteiger charge is -2.36. The molecule has 1 unspecified atom stereocenters. The van der Waals surface area contributed by atoms with E-state index in [0.29, 0.717) is 5.41 Å². The van der Waals surface area contributed by atoms with E-state index in [-0.39, 0.29) is 0 Å². The minimum absolute atomic E-state index is 0.422. The third kappa shape index (κ3) is 11.2. The van der Waals surface area contributed by atoms with Gasteiger partial charge in [0.25, 0.3) is 0 Å². The van der Waals surface area contributed by atoms with Gasteiger partial charge in [-0.15, -0.1) is 0 Å². The Morgan fingerprint density at radius 3 is 1.95 bits per heavy atom. The van der Waals surface area contributed by atoms with E-state index in [4.69, 9.17) is 0 Å². The van der Waals surface area contributed by atoms with E-state index in [1.54, 1.807) is 0 Å². The summed E-state index contributed by atoms with van der Waals surface area (Å²) >= 11 is 0. The number of unbranched alkanes of at least 4 members (excludes halogenated alkanes) is 2. The molecule has 2 heteroatoms. The molecule has 0 aromatic carbocycles. The molecule has 0 fully saturated rings. The first-order valence-electron chi connectivity index (χ1n) is 9.40. The zero-order valence-corrected chi connectivity index (χ0v) is 15.8. The van der Waals surface area contributed by atoms with Crippen molar-refractivity contribution in [3.63, 3.8) is 0 Å². The third-order valence-corrected chi connectivity index (χ3v) is 4.22. The second kappa shape index (κ2) is 12.5. The summed E-state index contributed by atoms with van der Waals surface area (Å²) in [7, 11) is 0. The van der Waals surface area contributed by atoms with Crippen molar-refractivity contribution in [3.8, 4) is 0 Å². The molecule has 0 radical (unpaired) electrons. The Morgan fingerprint density at radius 1 is 0.952 bits per heavy atom. The molecule has 0 saturated heterocycles. The minimum atomic E-state index is 0.422. The van der Waals surface area contributed by atoms with Gasteiger partial charge < -0.3 is 10.2 Å². The van der Waals surface area contributed by atoms with E-state index in [1.165, 1.54) is 58.2 Å². The summed E-state index contributed by atoms with van der Waals surface area (Å²) in [4.78, 5) is 2.72. The Balaban J connectivity index is 4.48. The molecular weight excluding hydrogens is 256 g/mol. The first-order valence-corrected chi connectivity index (χ1v) is 9.40. The summed E-state index contributed by atoms with van der Waals surface area (Å²) < 4.78 is 0. The number of hydrogen-bond donors (Lipinski definition) is 1. The monoisotopic (exact) mass is 298 g/mol. The molecule has 0 saturated carbocycles. The average Bonchev–Trinajstić information content (AvgIpc) is 2.41. The fraction of sp³-hybridized carbons (Fsp3) is 1.00. The average molecular weight is 299 g/mol. The molecule has 0 aliphatic heterocycles. The predicted octanol–water partition coefficient (Wildman–Crippen LogP) is 4.94. The highest BCUT2D eigenvalue weighted by Crippen LogP contribution is 2.24. The van der Waals surface area contributed by atoms with Gasteiger partial charge in [0.1, 0.15) is 0 Å². The molecule has 0 spiro atoms. The van der Waals surface area contributed by atoms with Crippen molar-refractivity contribution in [3.05, 3.63) is 0 Å². The quantitative estimate of drug-likeness (QED) is 0.488. The molecule has 21 heavy (non-hydrogen) atoms. The number of nitrogens with one attached hydrogen (secondary N) is 1. The highest BCUT2D eigenvalue weighted by atomic mass is 15.1. The van der Waals surface area contributed by atoms with Gasteiger partial charge in [0.05, 0.1) is 0 Å². The summed E-state index contributed by atoms with van der Waals surface area (Å²) in [6, 6.07) is 0. The Bertz CT molecular complexity index is 220. The summed E-state index contributed by atoms with van der Waals surface area (Å²) in [5, 5.41) is 3.70. The zero-order chi connectivity index (χ0) is 16.1. The van der Waals surface area contributed by atoms with E-state index < -0.39 is 0 Å². The zero-order valence-electron chi connectivity index (χ0n) is 15.8. The summed E-state index contributed by atoms with van der Waals surface area (Å²) in [6.07, 6.45) is 7.90. The van der Waals surface area contributed by atoms with E-state index >= 15 is 0 Å². The number of rotatable bonds is 14. The van der Waals surface area contributed by atoms with Crippen molar-refractivity contribution in [1.29, 1.82) is 0 Å². The Morgan fingerprint density at radius 2 is 1.52 bits per heavy atom.